The van der Waals surface area contributed by atoms with E-state index in [1.807, 2.05) is 43.3 Å². The molecular weight excluding hydrogens is 461 g/mol. The molecule has 0 radical (unpaired) electrons. The molecule has 1 fully saturated rings. The van der Waals surface area contributed by atoms with Crippen molar-refractivity contribution in [3.63, 3.8) is 0 Å². The van der Waals surface area contributed by atoms with E-state index in [9.17, 15) is 14.7 Å². The van der Waals surface area contributed by atoms with Crippen LogP contribution in [0.4, 0.5) is 0 Å². The highest BCUT2D eigenvalue weighted by atomic mass is 35.5. The van der Waals surface area contributed by atoms with Crippen molar-refractivity contribution < 1.29 is 19.4 Å². The van der Waals surface area contributed by atoms with Crippen molar-refractivity contribution in [1.82, 2.24) is 4.90 Å². The fourth-order valence-electron chi connectivity index (χ4n) is 4.93. The summed E-state index contributed by atoms with van der Waals surface area (Å²) in [7, 11) is 1.34. The van der Waals surface area contributed by atoms with Gasteiger partial charge in [0.15, 0.2) is 0 Å². The average molecular weight is 492 g/mol. The molecule has 1 heterocycles. The number of esters is 1. The van der Waals surface area contributed by atoms with E-state index in [1.54, 1.807) is 30.9 Å². The highest BCUT2D eigenvalue weighted by Crippen LogP contribution is 2.51. The van der Waals surface area contributed by atoms with E-state index in [0.717, 1.165) is 11.1 Å². The predicted molar refractivity (Wildman–Crippen MR) is 130 cm³/mol. The first kappa shape index (κ1) is 25.5. The number of hydrogen-bond donors (Lipinski definition) is 1. The average Bonchev–Trinajstić information content (AvgIpc) is 2.80. The molecule has 1 aliphatic rings. The van der Waals surface area contributed by atoms with Gasteiger partial charge in [-0.25, -0.2) is 0 Å². The highest BCUT2D eigenvalue weighted by Gasteiger charge is 2.52. The first-order chi connectivity index (χ1) is 15.6. The van der Waals surface area contributed by atoms with E-state index >= 15 is 0 Å². The normalized spacial score (nSPS) is 22.2. The predicted octanol–water partition coefficient (Wildman–Crippen LogP) is 5.64. The molecule has 4 atom stereocenters. The first-order valence-corrected chi connectivity index (χ1v) is 11.9. The van der Waals surface area contributed by atoms with Crippen LogP contribution in [0.5, 0.6) is 0 Å². The summed E-state index contributed by atoms with van der Waals surface area (Å²) in [4.78, 5) is 28.5. The molecule has 2 aromatic carbocycles. The maximum Gasteiger partial charge on any atom is 0.312 e. The van der Waals surface area contributed by atoms with Crippen molar-refractivity contribution in [2.24, 2.45) is 11.3 Å². The van der Waals surface area contributed by atoms with Crippen LogP contribution >= 0.6 is 23.2 Å². The zero-order valence-electron chi connectivity index (χ0n) is 19.4. The summed E-state index contributed by atoms with van der Waals surface area (Å²) in [6.07, 6.45) is 1.01. The van der Waals surface area contributed by atoms with E-state index in [2.05, 4.69) is 0 Å². The second kappa shape index (κ2) is 10.5. The molecule has 0 aromatic heterocycles. The van der Waals surface area contributed by atoms with Crippen molar-refractivity contribution >= 4 is 35.1 Å². The molecule has 2 unspecified atom stereocenters. The quantitative estimate of drug-likeness (QED) is 0.509. The Morgan fingerprint density at radius 3 is 2.36 bits per heavy atom. The summed E-state index contributed by atoms with van der Waals surface area (Å²) in [5.41, 5.74) is 0.844. The number of amides is 1. The van der Waals surface area contributed by atoms with E-state index in [-0.39, 0.29) is 24.5 Å². The monoisotopic (exact) mass is 491 g/mol. The number of rotatable bonds is 7. The van der Waals surface area contributed by atoms with Gasteiger partial charge in [-0.3, -0.25) is 9.59 Å². The fraction of sp³-hybridized carbons (Fsp3) is 0.462. The van der Waals surface area contributed by atoms with E-state index in [0.29, 0.717) is 22.9 Å². The van der Waals surface area contributed by atoms with Gasteiger partial charge in [0.25, 0.3) is 0 Å². The summed E-state index contributed by atoms with van der Waals surface area (Å²) in [6.45, 7) is 5.25. The number of methoxy groups -OCH3 is 1. The third kappa shape index (κ3) is 5.06. The maximum absolute atomic E-state index is 14.0. The number of hydrogen-bond acceptors (Lipinski definition) is 4. The highest BCUT2D eigenvalue weighted by molar-refractivity contribution is 6.30. The molecular formula is C26H31Cl2NO4. The van der Waals surface area contributed by atoms with Crippen LogP contribution in [0.2, 0.25) is 10.0 Å². The summed E-state index contributed by atoms with van der Waals surface area (Å²) in [6, 6.07) is 14.3. The molecule has 0 saturated carbocycles. The molecule has 5 nitrogen and oxygen atoms in total. The largest absolute Gasteiger partial charge is 0.469 e. The molecule has 1 aliphatic heterocycles. The number of ether oxygens (including phenoxy) is 1. The van der Waals surface area contributed by atoms with Crippen LogP contribution < -0.4 is 0 Å². The minimum absolute atomic E-state index is 0.155. The van der Waals surface area contributed by atoms with Gasteiger partial charge in [0, 0.05) is 16.0 Å². The van der Waals surface area contributed by atoms with Crippen LogP contribution in [0.25, 0.3) is 0 Å². The van der Waals surface area contributed by atoms with E-state index < -0.39 is 23.3 Å². The number of aliphatic hydroxyl groups is 1. The topological polar surface area (TPSA) is 66.8 Å². The number of piperidine rings is 1. The van der Waals surface area contributed by atoms with Gasteiger partial charge in [0.2, 0.25) is 5.91 Å². The summed E-state index contributed by atoms with van der Waals surface area (Å²) < 4.78 is 5.05. The smallest absolute Gasteiger partial charge is 0.312 e. The van der Waals surface area contributed by atoms with Gasteiger partial charge >= 0.3 is 5.97 Å². The fourth-order valence-corrected chi connectivity index (χ4v) is 5.26. The second-order valence-electron chi connectivity index (χ2n) is 9.15. The lowest BCUT2D eigenvalue weighted by atomic mass is 9.66. The molecule has 1 amide bonds. The molecule has 33 heavy (non-hydrogen) atoms. The van der Waals surface area contributed by atoms with Crippen molar-refractivity contribution in [2.45, 2.75) is 51.6 Å². The Labute approximate surface area is 205 Å². The van der Waals surface area contributed by atoms with Crippen molar-refractivity contribution in [1.29, 1.82) is 0 Å². The Hall–Kier alpha value is -2.08. The minimum atomic E-state index is -1.04. The number of benzene rings is 2. The Morgan fingerprint density at radius 2 is 1.82 bits per heavy atom. The van der Waals surface area contributed by atoms with Gasteiger partial charge < -0.3 is 14.7 Å². The summed E-state index contributed by atoms with van der Waals surface area (Å²) >= 11 is 12.5. The molecule has 2 aromatic rings. The van der Waals surface area contributed by atoms with Crippen molar-refractivity contribution in [3.8, 4) is 0 Å². The SMILES string of the molecule is CCC(CO)N1C(=O)C(C(C)(C)C(=O)OC)C[C@H](c2cccc(Cl)c2)[C@H]1c1ccc(Cl)cc1. The van der Waals surface area contributed by atoms with Crippen LogP contribution in [0.1, 0.15) is 56.7 Å². The number of likely N-dealkylation sites (tertiary alicyclic amines) is 1. The number of nitrogens with zero attached hydrogens (tertiary/aromatic N) is 1. The molecule has 3 rings (SSSR count). The van der Waals surface area contributed by atoms with Gasteiger partial charge in [-0.05, 0) is 62.1 Å². The molecule has 1 saturated heterocycles. The zero-order chi connectivity index (χ0) is 24.3. The Bertz CT molecular complexity index is 988. The van der Waals surface area contributed by atoms with Crippen LogP contribution in [-0.2, 0) is 14.3 Å². The zero-order valence-corrected chi connectivity index (χ0v) is 20.9. The molecule has 1 N–H and O–H groups in total. The number of carbonyl (C=O) groups is 2. The van der Waals surface area contributed by atoms with Gasteiger partial charge in [-0.15, -0.1) is 0 Å². The molecule has 0 bridgehead atoms. The van der Waals surface area contributed by atoms with Gasteiger partial charge in [0.05, 0.1) is 37.1 Å². The molecule has 178 valence electrons. The standard InChI is InChI=1S/C26H31Cl2NO4/c1-5-20(15-30)29-23(16-9-11-18(27)12-10-16)21(17-7-6-8-19(28)13-17)14-22(24(29)31)26(2,3)25(32)33-4/h6-13,20-23,30H,5,14-15H2,1-4H3/t20?,21-,22?,23-/m1/s1. The Balaban J connectivity index is 2.23. The van der Waals surface area contributed by atoms with E-state index in [1.165, 1.54) is 7.11 Å². The number of aliphatic hydroxyl groups excluding tert-OH is 1. The number of halogens is 2. The lowest BCUT2D eigenvalue weighted by Gasteiger charge is -2.50. The van der Waals surface area contributed by atoms with Crippen LogP contribution in [0, 0.1) is 11.3 Å². The third-order valence-electron chi connectivity index (χ3n) is 6.87. The van der Waals surface area contributed by atoms with Gasteiger partial charge in [0.1, 0.15) is 0 Å². The molecule has 0 spiro atoms. The van der Waals surface area contributed by atoms with Crippen molar-refractivity contribution in [3.05, 3.63) is 69.7 Å². The van der Waals surface area contributed by atoms with Gasteiger partial charge in [-0.1, -0.05) is 54.4 Å². The molecule has 7 heteroatoms. The molecule has 0 aliphatic carbocycles. The summed E-state index contributed by atoms with van der Waals surface area (Å²) in [5.74, 6) is -1.38. The first-order valence-electron chi connectivity index (χ1n) is 11.2. The van der Waals surface area contributed by atoms with Crippen LogP contribution in [-0.4, -0.2) is 41.6 Å². The Morgan fingerprint density at radius 1 is 1.15 bits per heavy atom. The van der Waals surface area contributed by atoms with Crippen LogP contribution in [0.15, 0.2) is 48.5 Å². The maximum atomic E-state index is 14.0. The van der Waals surface area contributed by atoms with Gasteiger partial charge in [-0.2, -0.15) is 0 Å². The summed E-state index contributed by atoms with van der Waals surface area (Å²) in [5, 5.41) is 11.4. The number of carbonyl (C=O) groups excluding carboxylic acids is 2. The third-order valence-corrected chi connectivity index (χ3v) is 7.36. The van der Waals surface area contributed by atoms with Crippen LogP contribution in [0.3, 0.4) is 0 Å². The lowest BCUT2D eigenvalue weighted by Crippen LogP contribution is -2.56. The Kier molecular flexibility index (Phi) is 8.09. The lowest BCUT2D eigenvalue weighted by molar-refractivity contribution is -0.167. The van der Waals surface area contributed by atoms with Crippen molar-refractivity contribution in [2.75, 3.05) is 13.7 Å². The minimum Gasteiger partial charge on any atom is -0.469 e. The second-order valence-corrected chi connectivity index (χ2v) is 10.0. The van der Waals surface area contributed by atoms with E-state index in [4.69, 9.17) is 27.9 Å².